The SMILES string of the molecule is O=C(O)c1ccc(-c2nc3ccc(O)cc3[n+]([O-])n2)cc1. The number of carboxylic acid groups (broad SMARTS) is 1. The number of rotatable bonds is 2. The number of aromatic nitrogens is 3. The number of phenolic OH excluding ortho intramolecular Hbond substituents is 1. The molecule has 3 aromatic rings. The van der Waals surface area contributed by atoms with Gasteiger partial charge in [-0.25, -0.2) is 9.78 Å². The molecule has 0 aliphatic rings. The van der Waals surface area contributed by atoms with Gasteiger partial charge in [0.25, 0.3) is 5.52 Å². The average molecular weight is 283 g/mol. The Kier molecular flexibility index (Phi) is 2.87. The highest BCUT2D eigenvalue weighted by molar-refractivity contribution is 5.88. The van der Waals surface area contributed by atoms with Gasteiger partial charge in [0.15, 0.2) is 0 Å². The lowest BCUT2D eigenvalue weighted by atomic mass is 10.1. The zero-order valence-electron chi connectivity index (χ0n) is 10.6. The van der Waals surface area contributed by atoms with Crippen molar-refractivity contribution in [3.63, 3.8) is 0 Å². The maximum absolute atomic E-state index is 11.9. The fourth-order valence-corrected chi connectivity index (χ4v) is 1.92. The zero-order chi connectivity index (χ0) is 15.0. The van der Waals surface area contributed by atoms with Crippen molar-refractivity contribution in [1.82, 2.24) is 10.1 Å². The van der Waals surface area contributed by atoms with Crippen LogP contribution in [0.25, 0.3) is 22.4 Å². The lowest BCUT2D eigenvalue weighted by Crippen LogP contribution is -2.33. The smallest absolute Gasteiger partial charge is 0.335 e. The van der Waals surface area contributed by atoms with Gasteiger partial charge in [-0.05, 0) is 29.1 Å². The molecule has 0 bridgehead atoms. The second-order valence-corrected chi connectivity index (χ2v) is 4.36. The van der Waals surface area contributed by atoms with Crippen LogP contribution in [0.1, 0.15) is 10.4 Å². The summed E-state index contributed by atoms with van der Waals surface area (Å²) < 4.78 is 0. The first-order chi connectivity index (χ1) is 10.0. The summed E-state index contributed by atoms with van der Waals surface area (Å²) in [5.41, 5.74) is 1.20. The van der Waals surface area contributed by atoms with Gasteiger partial charge in [0.2, 0.25) is 5.82 Å². The molecule has 0 amide bonds. The molecule has 2 aromatic carbocycles. The van der Waals surface area contributed by atoms with Gasteiger partial charge in [-0.2, -0.15) is 0 Å². The monoisotopic (exact) mass is 283 g/mol. The van der Waals surface area contributed by atoms with Crippen molar-refractivity contribution in [2.24, 2.45) is 0 Å². The Morgan fingerprint density at radius 1 is 1.14 bits per heavy atom. The van der Waals surface area contributed by atoms with Crippen LogP contribution in [0.15, 0.2) is 42.5 Å². The average Bonchev–Trinajstić information content (AvgIpc) is 2.48. The van der Waals surface area contributed by atoms with E-state index in [1.54, 1.807) is 0 Å². The minimum atomic E-state index is -1.03. The molecule has 3 rings (SSSR count). The fourth-order valence-electron chi connectivity index (χ4n) is 1.92. The van der Waals surface area contributed by atoms with E-state index in [4.69, 9.17) is 5.11 Å². The number of hydrogen-bond donors (Lipinski definition) is 2. The highest BCUT2D eigenvalue weighted by atomic mass is 16.5. The van der Waals surface area contributed by atoms with E-state index in [2.05, 4.69) is 10.1 Å². The summed E-state index contributed by atoms with van der Waals surface area (Å²) in [7, 11) is 0. The summed E-state index contributed by atoms with van der Waals surface area (Å²) in [5.74, 6) is -0.898. The van der Waals surface area contributed by atoms with Crippen LogP contribution in [0, 0.1) is 5.21 Å². The van der Waals surface area contributed by atoms with Gasteiger partial charge >= 0.3 is 5.97 Å². The number of nitrogens with zero attached hydrogens (tertiary/aromatic N) is 3. The highest BCUT2D eigenvalue weighted by Gasteiger charge is 2.13. The van der Waals surface area contributed by atoms with Gasteiger partial charge in [0.05, 0.1) is 11.6 Å². The van der Waals surface area contributed by atoms with Crippen molar-refractivity contribution in [2.45, 2.75) is 0 Å². The molecule has 1 heterocycles. The quantitative estimate of drug-likeness (QED) is 0.542. The highest BCUT2D eigenvalue weighted by Crippen LogP contribution is 2.19. The Morgan fingerprint density at radius 2 is 1.86 bits per heavy atom. The van der Waals surface area contributed by atoms with Gasteiger partial charge in [0, 0.05) is 10.7 Å². The summed E-state index contributed by atoms with van der Waals surface area (Å²) >= 11 is 0. The van der Waals surface area contributed by atoms with E-state index in [1.165, 1.54) is 42.5 Å². The number of hydrogen-bond acceptors (Lipinski definition) is 5. The molecule has 0 aliphatic carbocycles. The molecule has 0 radical (unpaired) electrons. The number of carbonyl (C=O) groups is 1. The summed E-state index contributed by atoms with van der Waals surface area (Å²) in [6, 6.07) is 10.1. The minimum Gasteiger partial charge on any atom is -0.594 e. The van der Waals surface area contributed by atoms with E-state index in [0.717, 1.165) is 0 Å². The zero-order valence-corrected chi connectivity index (χ0v) is 10.6. The molecule has 0 aliphatic heterocycles. The van der Waals surface area contributed by atoms with Gasteiger partial charge < -0.3 is 15.4 Å². The molecule has 0 saturated heterocycles. The van der Waals surface area contributed by atoms with Crippen molar-refractivity contribution in [2.75, 3.05) is 0 Å². The van der Waals surface area contributed by atoms with Crippen molar-refractivity contribution in [1.29, 1.82) is 0 Å². The summed E-state index contributed by atoms with van der Waals surface area (Å²) in [6.07, 6.45) is 0. The van der Waals surface area contributed by atoms with Crippen LogP contribution in [-0.2, 0) is 0 Å². The second kappa shape index (κ2) is 4.71. The summed E-state index contributed by atoms with van der Waals surface area (Å²) in [6.45, 7) is 0. The predicted molar refractivity (Wildman–Crippen MR) is 72.6 cm³/mol. The molecule has 0 atom stereocenters. The van der Waals surface area contributed by atoms with E-state index < -0.39 is 5.97 Å². The topological polar surface area (TPSA) is 110 Å². The second-order valence-electron chi connectivity index (χ2n) is 4.36. The first-order valence-corrected chi connectivity index (χ1v) is 5.99. The van der Waals surface area contributed by atoms with Crippen LogP contribution in [0.4, 0.5) is 0 Å². The largest absolute Gasteiger partial charge is 0.594 e. The van der Waals surface area contributed by atoms with Crippen molar-refractivity contribution in [3.05, 3.63) is 53.2 Å². The van der Waals surface area contributed by atoms with Crippen LogP contribution in [-0.4, -0.2) is 26.3 Å². The van der Waals surface area contributed by atoms with E-state index in [-0.39, 0.29) is 22.7 Å². The van der Waals surface area contributed by atoms with Gasteiger partial charge in [-0.1, -0.05) is 12.1 Å². The van der Waals surface area contributed by atoms with Crippen LogP contribution in [0.3, 0.4) is 0 Å². The maximum atomic E-state index is 11.9. The Morgan fingerprint density at radius 3 is 2.52 bits per heavy atom. The molecule has 1 aromatic heterocycles. The standard InChI is InChI=1S/C14H9N3O4/c18-10-5-6-11-12(7-10)17(21)16-13(15-11)8-1-3-9(4-2-8)14(19)20/h1-7,18H,(H,19,20). The molecule has 7 heteroatoms. The van der Waals surface area contributed by atoms with Gasteiger partial charge in [-0.15, -0.1) is 0 Å². The molecule has 0 saturated carbocycles. The van der Waals surface area contributed by atoms with Crippen molar-refractivity contribution in [3.8, 4) is 17.1 Å². The molecule has 7 nitrogen and oxygen atoms in total. The Labute approximate surface area is 118 Å². The molecule has 0 unspecified atom stereocenters. The molecular formula is C14H9N3O4. The van der Waals surface area contributed by atoms with Gasteiger partial charge in [0.1, 0.15) is 11.3 Å². The van der Waals surface area contributed by atoms with Crippen LogP contribution in [0.2, 0.25) is 0 Å². The number of benzene rings is 2. The van der Waals surface area contributed by atoms with Crippen molar-refractivity contribution < 1.29 is 19.9 Å². The number of fused-ring (bicyclic) bond motifs is 1. The molecule has 0 fully saturated rings. The number of phenols is 1. The number of aromatic hydroxyl groups is 1. The number of aromatic carboxylic acids is 1. The molecular weight excluding hydrogens is 274 g/mol. The van der Waals surface area contributed by atoms with Gasteiger partial charge in [-0.3, -0.25) is 0 Å². The summed E-state index contributed by atoms with van der Waals surface area (Å²) in [4.78, 5) is 15.4. The van der Waals surface area contributed by atoms with Crippen molar-refractivity contribution >= 4 is 17.0 Å². The Balaban J connectivity index is 2.12. The lowest BCUT2D eigenvalue weighted by molar-refractivity contribution is -0.642. The maximum Gasteiger partial charge on any atom is 0.335 e. The third-order valence-corrected chi connectivity index (χ3v) is 2.97. The minimum absolute atomic E-state index is 0.0470. The predicted octanol–water partition coefficient (Wildman–Crippen LogP) is 1.33. The van der Waals surface area contributed by atoms with E-state index in [0.29, 0.717) is 15.9 Å². The molecule has 0 spiro atoms. The van der Waals surface area contributed by atoms with E-state index >= 15 is 0 Å². The van der Waals surface area contributed by atoms with E-state index in [9.17, 15) is 15.1 Å². The fraction of sp³-hybridized carbons (Fsp3) is 0. The van der Waals surface area contributed by atoms with Crippen LogP contribution in [0.5, 0.6) is 5.75 Å². The Bertz CT molecular complexity index is 847. The Hall–Kier alpha value is -3.22. The molecule has 2 N–H and O–H groups in total. The molecule has 104 valence electrons. The first kappa shape index (κ1) is 12.8. The third-order valence-electron chi connectivity index (χ3n) is 2.97. The number of carboxylic acids is 1. The molecule has 21 heavy (non-hydrogen) atoms. The first-order valence-electron chi connectivity index (χ1n) is 5.99. The van der Waals surface area contributed by atoms with Crippen LogP contribution >= 0.6 is 0 Å². The lowest BCUT2D eigenvalue weighted by Gasteiger charge is -2.03. The van der Waals surface area contributed by atoms with E-state index in [1.807, 2.05) is 0 Å². The van der Waals surface area contributed by atoms with Crippen LogP contribution < -0.4 is 4.85 Å². The third kappa shape index (κ3) is 2.32. The summed E-state index contributed by atoms with van der Waals surface area (Å²) in [5, 5.41) is 33.8. The normalized spacial score (nSPS) is 10.7.